The second kappa shape index (κ2) is 26.0. The van der Waals surface area contributed by atoms with Crippen LogP contribution in [0.3, 0.4) is 0 Å². The summed E-state index contributed by atoms with van der Waals surface area (Å²) >= 11 is 0. The van der Waals surface area contributed by atoms with Gasteiger partial charge in [0, 0.05) is 47.9 Å². The van der Waals surface area contributed by atoms with E-state index in [2.05, 4.69) is 21.3 Å². The van der Waals surface area contributed by atoms with E-state index < -0.39 is 82.7 Å². The SMILES string of the molecule is Cc1ccc(NC(=O)[C@@H]2CCCN(C(=O)c3c(C)cccc3F)[C@H]2c2ccc(NC3CCCC3)cc2)cc1C(F)(F)F.Cc1ccc(NC(=O)[C@H]2CCCN(C(=O)c3c(C)cccc3F)[C@@H]2c2ccc(NC3CCCC3)cc2)cc1C(F)(F)F. The van der Waals surface area contributed by atoms with Gasteiger partial charge in [0.1, 0.15) is 11.6 Å². The minimum atomic E-state index is -4.56. The number of anilines is 4. The van der Waals surface area contributed by atoms with Crippen molar-refractivity contribution in [1.82, 2.24) is 9.80 Å². The predicted molar refractivity (Wildman–Crippen MR) is 310 cm³/mol. The summed E-state index contributed by atoms with van der Waals surface area (Å²) in [6.45, 7) is 6.69. The van der Waals surface area contributed by atoms with E-state index in [-0.39, 0.29) is 33.6 Å². The highest BCUT2D eigenvalue weighted by Gasteiger charge is 2.43. The van der Waals surface area contributed by atoms with Gasteiger partial charge in [-0.1, -0.05) is 86.3 Å². The average Bonchev–Trinajstić information content (AvgIpc) is 1.77. The highest BCUT2D eigenvalue weighted by molar-refractivity contribution is 5.99. The van der Waals surface area contributed by atoms with Crippen LogP contribution in [0.5, 0.6) is 0 Å². The van der Waals surface area contributed by atoms with Crippen LogP contribution in [0.2, 0.25) is 0 Å². The van der Waals surface area contributed by atoms with Crippen LogP contribution in [0.15, 0.2) is 121 Å². The zero-order chi connectivity index (χ0) is 60.0. The molecule has 444 valence electrons. The molecule has 18 heteroatoms. The molecule has 0 unspecified atom stereocenters. The third-order valence-electron chi connectivity index (χ3n) is 16.9. The predicted octanol–water partition coefficient (Wildman–Crippen LogP) is 16.1. The number of benzene rings is 6. The largest absolute Gasteiger partial charge is 0.416 e. The summed E-state index contributed by atoms with van der Waals surface area (Å²) in [6.07, 6.45) is 1.83. The molecule has 4 aliphatic rings. The van der Waals surface area contributed by atoms with Crippen molar-refractivity contribution >= 4 is 46.4 Å². The molecule has 2 heterocycles. The van der Waals surface area contributed by atoms with E-state index in [1.807, 2.05) is 48.5 Å². The quantitative estimate of drug-likeness (QED) is 0.0906. The third kappa shape index (κ3) is 14.1. The van der Waals surface area contributed by atoms with Crippen LogP contribution < -0.4 is 21.3 Å². The summed E-state index contributed by atoms with van der Waals surface area (Å²) in [5.74, 6) is -4.83. The summed E-state index contributed by atoms with van der Waals surface area (Å²) in [6, 6.07) is 30.8. The fourth-order valence-electron chi connectivity index (χ4n) is 12.6. The summed E-state index contributed by atoms with van der Waals surface area (Å²) in [5, 5.41) is 12.4. The highest BCUT2D eigenvalue weighted by atomic mass is 19.4. The summed E-state index contributed by atoms with van der Waals surface area (Å²) in [4.78, 5) is 58.2. The molecule has 10 rings (SSSR count). The molecule has 2 aliphatic carbocycles. The van der Waals surface area contributed by atoms with Gasteiger partial charge in [-0.3, -0.25) is 19.2 Å². The molecule has 0 aromatic heterocycles. The molecule has 0 radical (unpaired) electrons. The highest BCUT2D eigenvalue weighted by Crippen LogP contribution is 2.43. The van der Waals surface area contributed by atoms with Gasteiger partial charge in [0.2, 0.25) is 11.8 Å². The van der Waals surface area contributed by atoms with Crippen molar-refractivity contribution in [3.8, 4) is 0 Å². The molecular formula is C66H70F8N6O4. The van der Waals surface area contributed by atoms with Crippen LogP contribution in [-0.4, -0.2) is 58.6 Å². The lowest BCUT2D eigenvalue weighted by atomic mass is 9.83. The Balaban J connectivity index is 0.000000202. The van der Waals surface area contributed by atoms with Gasteiger partial charge < -0.3 is 31.1 Å². The maximum atomic E-state index is 14.9. The standard InChI is InChI=1S/2C33H35F4N3O2/c2*1-20-12-15-25(19-27(20)33(35,36)37)39-31(41)26-10-6-18-40(32(42)29-21(2)7-5-11-28(29)34)30(26)22-13-16-24(17-14-22)38-23-8-3-4-9-23/h2*5,7,11-17,19,23,26,30,38H,3-4,6,8-10,18H2,1-2H3,(H,39,41)/t2*26-,30+/m10/s1. The first-order chi connectivity index (χ1) is 40.0. The molecule has 6 aromatic rings. The Hall–Kier alpha value is -7.76. The number of alkyl halides is 6. The number of carbonyl (C=O) groups excluding carboxylic acids is 4. The second-order valence-electron chi connectivity index (χ2n) is 22.8. The Bertz CT molecular complexity index is 3080. The van der Waals surface area contributed by atoms with Gasteiger partial charge in [-0.05, 0) is 173 Å². The van der Waals surface area contributed by atoms with E-state index in [0.29, 0.717) is 73.1 Å². The van der Waals surface area contributed by atoms with E-state index >= 15 is 0 Å². The van der Waals surface area contributed by atoms with Gasteiger partial charge in [-0.2, -0.15) is 26.3 Å². The Kier molecular flexibility index (Phi) is 18.8. The summed E-state index contributed by atoms with van der Waals surface area (Å²) < 4.78 is 111. The lowest BCUT2D eigenvalue weighted by Gasteiger charge is -2.41. The van der Waals surface area contributed by atoms with Gasteiger partial charge in [0.05, 0.1) is 46.2 Å². The van der Waals surface area contributed by atoms with Crippen LogP contribution in [0.25, 0.3) is 0 Å². The normalized spacial score (nSPS) is 19.5. The first-order valence-corrected chi connectivity index (χ1v) is 28.9. The van der Waals surface area contributed by atoms with Gasteiger partial charge in [0.25, 0.3) is 11.8 Å². The molecule has 2 saturated heterocycles. The Labute approximate surface area is 484 Å². The van der Waals surface area contributed by atoms with E-state index in [1.165, 1.54) is 97.9 Å². The number of hydrogen-bond donors (Lipinski definition) is 4. The number of piperidine rings is 2. The number of aryl methyl sites for hydroxylation is 4. The summed E-state index contributed by atoms with van der Waals surface area (Å²) in [7, 11) is 0. The monoisotopic (exact) mass is 1160 g/mol. The first-order valence-electron chi connectivity index (χ1n) is 28.9. The van der Waals surface area contributed by atoms with Crippen LogP contribution >= 0.6 is 0 Å². The maximum absolute atomic E-state index is 14.9. The van der Waals surface area contributed by atoms with Crippen LogP contribution in [-0.2, 0) is 21.9 Å². The molecule has 2 aliphatic heterocycles. The Morgan fingerprint density at radius 2 is 0.774 bits per heavy atom. The van der Waals surface area contributed by atoms with Crippen molar-refractivity contribution in [3.05, 3.63) is 189 Å². The number of nitrogens with one attached hydrogen (secondary N) is 4. The van der Waals surface area contributed by atoms with Crippen molar-refractivity contribution < 1.29 is 54.3 Å². The minimum Gasteiger partial charge on any atom is -0.382 e. The molecule has 4 fully saturated rings. The van der Waals surface area contributed by atoms with Gasteiger partial charge in [-0.25, -0.2) is 8.78 Å². The molecular weight excluding hydrogens is 1090 g/mol. The number of nitrogens with zero attached hydrogens (tertiary/aromatic N) is 2. The number of carbonyl (C=O) groups is 4. The molecule has 0 spiro atoms. The maximum Gasteiger partial charge on any atom is 0.416 e. The number of rotatable bonds is 12. The molecule has 6 aromatic carbocycles. The van der Waals surface area contributed by atoms with E-state index in [0.717, 1.165) is 49.2 Å². The van der Waals surface area contributed by atoms with Crippen LogP contribution in [0, 0.1) is 51.2 Å². The number of likely N-dealkylation sites (tertiary alicyclic amines) is 2. The van der Waals surface area contributed by atoms with Crippen molar-refractivity contribution in [1.29, 1.82) is 0 Å². The third-order valence-corrected chi connectivity index (χ3v) is 16.9. The van der Waals surface area contributed by atoms with Crippen molar-refractivity contribution in [2.75, 3.05) is 34.4 Å². The van der Waals surface area contributed by atoms with E-state index in [9.17, 15) is 54.3 Å². The molecule has 4 amide bonds. The zero-order valence-corrected chi connectivity index (χ0v) is 47.5. The number of halogens is 8. The van der Waals surface area contributed by atoms with Crippen LogP contribution in [0.1, 0.15) is 154 Å². The molecule has 0 bridgehead atoms. The lowest BCUT2D eigenvalue weighted by molar-refractivity contribution is -0.138. The molecule has 4 atom stereocenters. The van der Waals surface area contributed by atoms with E-state index in [1.54, 1.807) is 26.0 Å². The number of amides is 4. The van der Waals surface area contributed by atoms with Crippen LogP contribution in [0.4, 0.5) is 57.9 Å². The van der Waals surface area contributed by atoms with Gasteiger partial charge in [0.15, 0.2) is 0 Å². The topological polar surface area (TPSA) is 123 Å². The number of hydrogen-bond acceptors (Lipinski definition) is 6. The fourth-order valence-corrected chi connectivity index (χ4v) is 12.6. The molecule has 4 N–H and O–H groups in total. The zero-order valence-electron chi connectivity index (χ0n) is 47.5. The average molecular weight is 1160 g/mol. The Morgan fingerprint density at radius 3 is 1.11 bits per heavy atom. The van der Waals surface area contributed by atoms with Gasteiger partial charge in [-0.15, -0.1) is 0 Å². The molecule has 2 saturated carbocycles. The lowest BCUT2D eigenvalue weighted by Crippen LogP contribution is -2.46. The fraction of sp³-hybridized carbons (Fsp3) is 0.394. The molecule has 10 nitrogen and oxygen atoms in total. The molecule has 84 heavy (non-hydrogen) atoms. The van der Waals surface area contributed by atoms with Crippen molar-refractivity contribution in [3.63, 3.8) is 0 Å². The smallest absolute Gasteiger partial charge is 0.382 e. The minimum absolute atomic E-state index is 0.0289. The van der Waals surface area contributed by atoms with E-state index in [4.69, 9.17) is 0 Å². The van der Waals surface area contributed by atoms with Gasteiger partial charge >= 0.3 is 12.4 Å². The van der Waals surface area contributed by atoms with Crippen molar-refractivity contribution in [2.24, 2.45) is 11.8 Å². The first kappa shape index (κ1) is 60.8. The summed E-state index contributed by atoms with van der Waals surface area (Å²) in [5.41, 5.74) is 2.68. The Morgan fingerprint density at radius 1 is 0.429 bits per heavy atom. The second-order valence-corrected chi connectivity index (χ2v) is 22.8. The van der Waals surface area contributed by atoms with Crippen molar-refractivity contribution in [2.45, 2.75) is 141 Å².